The van der Waals surface area contributed by atoms with E-state index in [2.05, 4.69) is 4.98 Å². The Hall–Kier alpha value is -3.92. The van der Waals surface area contributed by atoms with Crippen LogP contribution in [0.4, 0.5) is 0 Å². The van der Waals surface area contributed by atoms with E-state index in [1.165, 1.54) is 21.8 Å². The van der Waals surface area contributed by atoms with Crippen LogP contribution in [-0.4, -0.2) is 25.0 Å². The first-order valence-corrected chi connectivity index (χ1v) is 13.6. The van der Waals surface area contributed by atoms with Gasteiger partial charge in [-0.2, -0.15) is 0 Å². The van der Waals surface area contributed by atoms with Crippen molar-refractivity contribution in [3.63, 3.8) is 0 Å². The van der Waals surface area contributed by atoms with E-state index in [0.29, 0.717) is 37.9 Å². The van der Waals surface area contributed by atoms with Crippen LogP contribution in [0.5, 0.6) is 0 Å². The predicted molar refractivity (Wildman–Crippen MR) is 154 cm³/mol. The molecule has 1 amide bonds. The van der Waals surface area contributed by atoms with Gasteiger partial charge in [-0.15, -0.1) is 11.3 Å². The molecule has 0 bridgehead atoms. The number of amides is 1. The molecule has 1 aliphatic carbocycles. The molecular formula is C29H25ClN4O4S. The average Bonchev–Trinajstić information content (AvgIpc) is 3.49. The summed E-state index contributed by atoms with van der Waals surface area (Å²) < 4.78 is 2.61. The zero-order valence-corrected chi connectivity index (χ0v) is 23.0. The molecule has 0 radical (unpaired) electrons. The third-order valence-corrected chi connectivity index (χ3v) is 8.60. The van der Waals surface area contributed by atoms with E-state index in [1.54, 1.807) is 37.6 Å². The lowest BCUT2D eigenvalue weighted by Gasteiger charge is -2.25. The number of H-pyrrole nitrogens is 1. The third-order valence-electron chi connectivity index (χ3n) is 7.45. The van der Waals surface area contributed by atoms with Crippen LogP contribution >= 0.6 is 22.9 Å². The van der Waals surface area contributed by atoms with E-state index < -0.39 is 28.7 Å². The Morgan fingerprint density at radius 2 is 1.97 bits per heavy atom. The molecule has 0 spiro atoms. The van der Waals surface area contributed by atoms with Gasteiger partial charge in [-0.3, -0.25) is 14.0 Å². The van der Waals surface area contributed by atoms with E-state index in [0.717, 1.165) is 26.6 Å². The van der Waals surface area contributed by atoms with Gasteiger partial charge in [-0.1, -0.05) is 35.9 Å². The number of carbonyl (C=O) groups is 1. The second-order valence-corrected chi connectivity index (χ2v) is 11.7. The van der Waals surface area contributed by atoms with E-state index in [9.17, 15) is 19.5 Å². The second kappa shape index (κ2) is 8.81. The van der Waals surface area contributed by atoms with Crippen LogP contribution in [0.1, 0.15) is 54.1 Å². The van der Waals surface area contributed by atoms with Crippen LogP contribution in [0.15, 0.2) is 68.7 Å². The molecule has 10 heteroatoms. The lowest BCUT2D eigenvalue weighted by Crippen LogP contribution is -2.35. The molecule has 0 saturated carbocycles. The van der Waals surface area contributed by atoms with Crippen LogP contribution in [-0.2, 0) is 10.4 Å². The van der Waals surface area contributed by atoms with Crippen LogP contribution < -0.4 is 17.0 Å². The maximum Gasteiger partial charge on any atom is 0.340 e. The van der Waals surface area contributed by atoms with Gasteiger partial charge in [0, 0.05) is 56.8 Å². The minimum absolute atomic E-state index is 0.206. The van der Waals surface area contributed by atoms with Crippen LogP contribution in [0, 0.1) is 6.92 Å². The summed E-state index contributed by atoms with van der Waals surface area (Å²) in [6.45, 7) is 5.26. The molecule has 1 atom stereocenters. The summed E-state index contributed by atoms with van der Waals surface area (Å²) in [5.74, 6) is -1.16. The summed E-state index contributed by atoms with van der Waals surface area (Å²) in [5.41, 5.74) is 9.26. The van der Waals surface area contributed by atoms with Crippen molar-refractivity contribution in [1.29, 1.82) is 0 Å². The van der Waals surface area contributed by atoms with Gasteiger partial charge < -0.3 is 15.8 Å². The molecule has 1 aliphatic rings. The number of halogens is 1. The highest BCUT2D eigenvalue weighted by Gasteiger charge is 2.34. The highest BCUT2D eigenvalue weighted by atomic mass is 35.5. The molecule has 0 fully saturated rings. The van der Waals surface area contributed by atoms with Gasteiger partial charge in [0.15, 0.2) is 0 Å². The Balaban J connectivity index is 1.62. The first kappa shape index (κ1) is 25.4. The molecule has 39 heavy (non-hydrogen) atoms. The minimum atomic E-state index is -1.06. The van der Waals surface area contributed by atoms with Gasteiger partial charge in [0.25, 0.3) is 5.56 Å². The molecule has 1 unspecified atom stereocenters. The molecule has 0 saturated heterocycles. The number of nitrogens with two attached hydrogens (primary N) is 1. The maximum absolute atomic E-state index is 13.3. The molecule has 6 rings (SSSR count). The summed E-state index contributed by atoms with van der Waals surface area (Å²) in [5, 5.41) is 13.6. The van der Waals surface area contributed by atoms with Gasteiger partial charge in [0.2, 0.25) is 5.91 Å². The number of thiazole rings is 1. The lowest BCUT2D eigenvalue weighted by atomic mass is 9.81. The first-order chi connectivity index (χ1) is 18.5. The van der Waals surface area contributed by atoms with Crippen molar-refractivity contribution >= 4 is 50.2 Å². The largest absolute Gasteiger partial charge is 0.386 e. The van der Waals surface area contributed by atoms with Gasteiger partial charge in [-0.25, -0.2) is 9.36 Å². The number of nitrogens with zero attached hydrogens (tertiary/aromatic N) is 2. The monoisotopic (exact) mass is 560 g/mol. The Morgan fingerprint density at radius 3 is 2.69 bits per heavy atom. The zero-order valence-electron chi connectivity index (χ0n) is 21.4. The Morgan fingerprint density at radius 1 is 1.21 bits per heavy atom. The number of rotatable bonds is 4. The fourth-order valence-corrected chi connectivity index (χ4v) is 6.55. The lowest BCUT2D eigenvalue weighted by molar-refractivity contribution is -0.119. The molecule has 4 N–H and O–H groups in total. The van der Waals surface area contributed by atoms with Crippen LogP contribution in [0.25, 0.3) is 27.0 Å². The number of aromatic amines is 1. The van der Waals surface area contributed by atoms with E-state index in [1.807, 2.05) is 31.2 Å². The van der Waals surface area contributed by atoms with Crippen molar-refractivity contribution < 1.29 is 9.90 Å². The third kappa shape index (κ3) is 3.88. The predicted octanol–water partition coefficient (Wildman–Crippen LogP) is 4.50. The van der Waals surface area contributed by atoms with Gasteiger partial charge in [0.05, 0.1) is 17.2 Å². The molecule has 5 aromatic rings. The summed E-state index contributed by atoms with van der Waals surface area (Å²) in [6, 6.07) is 12.4. The topological polar surface area (TPSA) is 123 Å². The van der Waals surface area contributed by atoms with E-state index >= 15 is 0 Å². The highest BCUT2D eigenvalue weighted by molar-refractivity contribution is 7.15. The van der Waals surface area contributed by atoms with Crippen molar-refractivity contribution in [3.8, 4) is 5.69 Å². The van der Waals surface area contributed by atoms with Crippen molar-refractivity contribution in [2.24, 2.45) is 5.73 Å². The van der Waals surface area contributed by atoms with Crippen molar-refractivity contribution in [3.05, 3.63) is 108 Å². The summed E-state index contributed by atoms with van der Waals surface area (Å²) in [4.78, 5) is 42.8. The van der Waals surface area contributed by atoms with Crippen LogP contribution in [0.3, 0.4) is 0 Å². The molecule has 198 valence electrons. The number of hydrogen-bond acceptors (Lipinski definition) is 5. The Bertz CT molecular complexity index is 1990. The number of aliphatic hydroxyl groups is 1. The van der Waals surface area contributed by atoms with Crippen LogP contribution in [0.2, 0.25) is 0 Å². The number of fused-ring (bicyclic) bond motifs is 4. The number of nitrogens with one attached hydrogen (secondary N) is 1. The standard InChI is InChI=1S/C29H25ClN4O4S/c1-14-16(5-4-6-21(14)34-22(35)13-23-33(28(34)37)9-10-39-23)24-19(30)12-18(27(31)36)26-25(24)17-8-7-15(29(2,3)38)11-20(17)32-26/h4-11,13,18,32,38H,12H2,1-3H3,(H2,31,36). The SMILES string of the molecule is Cc1c(C2=C(Cl)CC(C(N)=O)c3[nH]c4cc(C(C)(C)O)ccc4c32)cccc1-n1c(=O)cc2sccn2c1=O. The fraction of sp³-hybridized carbons (Fsp3) is 0.207. The fourth-order valence-electron chi connectivity index (χ4n) is 5.46. The summed E-state index contributed by atoms with van der Waals surface area (Å²) >= 11 is 8.24. The number of hydrogen-bond donors (Lipinski definition) is 3. The molecular weight excluding hydrogens is 536 g/mol. The van der Waals surface area contributed by atoms with Crippen molar-refractivity contribution in [1.82, 2.24) is 14.0 Å². The highest BCUT2D eigenvalue weighted by Crippen LogP contribution is 2.47. The summed E-state index contributed by atoms with van der Waals surface area (Å²) in [6.07, 6.45) is 1.85. The maximum atomic E-state index is 13.3. The average molecular weight is 561 g/mol. The van der Waals surface area contributed by atoms with Gasteiger partial charge in [-0.05, 0) is 49.6 Å². The van der Waals surface area contributed by atoms with Crippen molar-refractivity contribution in [2.45, 2.75) is 38.7 Å². The Labute approximate surface area is 231 Å². The molecule has 8 nitrogen and oxygen atoms in total. The van der Waals surface area contributed by atoms with E-state index in [-0.39, 0.29) is 6.42 Å². The molecule has 3 aromatic heterocycles. The molecule has 3 heterocycles. The minimum Gasteiger partial charge on any atom is -0.386 e. The summed E-state index contributed by atoms with van der Waals surface area (Å²) in [7, 11) is 0. The van der Waals surface area contributed by atoms with Gasteiger partial charge >= 0.3 is 5.69 Å². The smallest absolute Gasteiger partial charge is 0.340 e. The number of carbonyl (C=O) groups excluding carboxylic acids is 1. The number of aromatic nitrogens is 3. The number of benzene rings is 2. The quantitative estimate of drug-likeness (QED) is 0.299. The first-order valence-electron chi connectivity index (χ1n) is 12.4. The number of primary amides is 1. The second-order valence-electron chi connectivity index (χ2n) is 10.3. The molecule has 0 aliphatic heterocycles. The normalized spacial score (nSPS) is 15.8. The Kier molecular flexibility index (Phi) is 5.73. The number of allylic oxidation sites excluding steroid dienone is 1. The molecule has 2 aromatic carbocycles. The van der Waals surface area contributed by atoms with E-state index in [4.69, 9.17) is 17.3 Å². The van der Waals surface area contributed by atoms with Gasteiger partial charge in [0.1, 0.15) is 4.83 Å². The van der Waals surface area contributed by atoms with Crippen molar-refractivity contribution in [2.75, 3.05) is 0 Å². The zero-order chi connectivity index (χ0) is 27.8.